The van der Waals surface area contributed by atoms with E-state index < -0.39 is 9.85 Å². The SMILES string of the molecule is Nc1ccc(SSc2ccc(N)c([N+](=O)[O-])c2)cc1[N+](=O)[O-]. The van der Waals surface area contributed by atoms with Crippen molar-refractivity contribution in [3.63, 3.8) is 0 Å². The average Bonchev–Trinajstić information content (AvgIpc) is 2.47. The highest BCUT2D eigenvalue weighted by Gasteiger charge is 2.14. The molecule has 0 spiro atoms. The Morgan fingerprint density at radius 2 is 1.14 bits per heavy atom. The maximum atomic E-state index is 10.8. The van der Waals surface area contributed by atoms with Gasteiger partial charge in [-0.05, 0) is 24.3 Å². The predicted octanol–water partition coefficient (Wildman–Crippen LogP) is 3.47. The van der Waals surface area contributed by atoms with E-state index in [1.807, 2.05) is 0 Å². The number of nitrogens with zero attached hydrogens (tertiary/aromatic N) is 2. The number of hydrogen-bond acceptors (Lipinski definition) is 8. The summed E-state index contributed by atoms with van der Waals surface area (Å²) in [6, 6.07) is 8.91. The summed E-state index contributed by atoms with van der Waals surface area (Å²) in [6.45, 7) is 0. The fourth-order valence-electron chi connectivity index (χ4n) is 1.56. The molecule has 0 aliphatic carbocycles. The lowest BCUT2D eigenvalue weighted by Gasteiger charge is -2.04. The fraction of sp³-hybridized carbons (Fsp3) is 0. The molecule has 0 saturated heterocycles. The van der Waals surface area contributed by atoms with Crippen molar-refractivity contribution in [3.05, 3.63) is 56.6 Å². The van der Waals surface area contributed by atoms with Crippen LogP contribution < -0.4 is 11.5 Å². The topological polar surface area (TPSA) is 138 Å². The predicted molar refractivity (Wildman–Crippen MR) is 86.7 cm³/mol. The molecule has 8 nitrogen and oxygen atoms in total. The van der Waals surface area contributed by atoms with Gasteiger partial charge in [0, 0.05) is 21.9 Å². The zero-order valence-corrected chi connectivity index (χ0v) is 12.6. The quantitative estimate of drug-likeness (QED) is 0.365. The number of nitrogen functional groups attached to an aromatic ring is 2. The van der Waals surface area contributed by atoms with Crippen LogP contribution in [0.5, 0.6) is 0 Å². The van der Waals surface area contributed by atoms with Gasteiger partial charge in [0.2, 0.25) is 0 Å². The van der Waals surface area contributed by atoms with Gasteiger partial charge >= 0.3 is 0 Å². The lowest BCUT2D eigenvalue weighted by molar-refractivity contribution is -0.384. The lowest BCUT2D eigenvalue weighted by atomic mass is 10.3. The Morgan fingerprint density at radius 1 is 0.773 bits per heavy atom. The molecule has 0 bridgehead atoms. The van der Waals surface area contributed by atoms with Crippen molar-refractivity contribution in [2.45, 2.75) is 9.79 Å². The minimum Gasteiger partial charge on any atom is -0.393 e. The number of nitrogens with two attached hydrogens (primary N) is 2. The van der Waals surface area contributed by atoms with E-state index in [2.05, 4.69) is 0 Å². The summed E-state index contributed by atoms with van der Waals surface area (Å²) in [7, 11) is 2.47. The van der Waals surface area contributed by atoms with Crippen LogP contribution >= 0.6 is 21.6 Å². The van der Waals surface area contributed by atoms with Crippen LogP contribution in [0.25, 0.3) is 0 Å². The van der Waals surface area contributed by atoms with E-state index in [0.717, 1.165) is 0 Å². The molecule has 114 valence electrons. The van der Waals surface area contributed by atoms with Crippen LogP contribution in [0.3, 0.4) is 0 Å². The van der Waals surface area contributed by atoms with E-state index in [-0.39, 0.29) is 22.7 Å². The molecular weight excluding hydrogens is 328 g/mol. The molecule has 0 aliphatic rings. The monoisotopic (exact) mass is 338 g/mol. The van der Waals surface area contributed by atoms with Crippen LogP contribution in [0.4, 0.5) is 22.7 Å². The van der Waals surface area contributed by atoms with Crippen molar-refractivity contribution in [2.75, 3.05) is 11.5 Å². The van der Waals surface area contributed by atoms with Gasteiger partial charge in [-0.15, -0.1) is 0 Å². The molecule has 10 heteroatoms. The number of hydrogen-bond donors (Lipinski definition) is 2. The average molecular weight is 338 g/mol. The molecular formula is C12H10N4O4S2. The zero-order chi connectivity index (χ0) is 16.3. The molecule has 0 fully saturated rings. The molecule has 0 aliphatic heterocycles. The Morgan fingerprint density at radius 3 is 1.45 bits per heavy atom. The summed E-state index contributed by atoms with van der Waals surface area (Å²) >= 11 is 0. The molecule has 2 rings (SSSR count). The normalized spacial score (nSPS) is 10.4. The summed E-state index contributed by atoms with van der Waals surface area (Å²) in [5.74, 6) is 0. The van der Waals surface area contributed by atoms with E-state index in [4.69, 9.17) is 11.5 Å². The molecule has 0 atom stereocenters. The minimum atomic E-state index is -0.557. The summed E-state index contributed by atoms with van der Waals surface area (Å²) in [5, 5.41) is 21.7. The summed E-state index contributed by atoms with van der Waals surface area (Å²) < 4.78 is 0. The van der Waals surface area contributed by atoms with Crippen molar-refractivity contribution in [2.24, 2.45) is 0 Å². The van der Waals surface area contributed by atoms with Crippen molar-refractivity contribution < 1.29 is 9.85 Å². The summed E-state index contributed by atoms with van der Waals surface area (Å²) in [4.78, 5) is 21.8. The van der Waals surface area contributed by atoms with Crippen LogP contribution in [0, 0.1) is 20.2 Å². The van der Waals surface area contributed by atoms with Gasteiger partial charge in [0.15, 0.2) is 0 Å². The number of rotatable bonds is 5. The number of anilines is 2. The molecule has 4 N–H and O–H groups in total. The van der Waals surface area contributed by atoms with Crippen LogP contribution in [0.2, 0.25) is 0 Å². The van der Waals surface area contributed by atoms with Gasteiger partial charge in [0.05, 0.1) is 9.85 Å². The minimum absolute atomic E-state index is 0.0856. The maximum absolute atomic E-state index is 10.8. The standard InChI is InChI=1S/C12H10N4O4S2/c13-9-3-1-7(5-11(9)15(17)18)21-22-8-2-4-10(14)12(6-8)16(19)20/h1-6H,13-14H2. The van der Waals surface area contributed by atoms with E-state index >= 15 is 0 Å². The van der Waals surface area contributed by atoms with Gasteiger partial charge in [-0.1, -0.05) is 21.6 Å². The summed E-state index contributed by atoms with van der Waals surface area (Å²) in [5.41, 5.74) is 10.9. The van der Waals surface area contributed by atoms with Crippen molar-refractivity contribution >= 4 is 44.3 Å². The number of nitro groups is 2. The molecule has 22 heavy (non-hydrogen) atoms. The van der Waals surface area contributed by atoms with E-state index in [1.165, 1.54) is 45.9 Å². The molecule has 2 aromatic rings. The van der Waals surface area contributed by atoms with E-state index in [0.29, 0.717) is 9.79 Å². The molecule has 0 aromatic heterocycles. The molecule has 0 radical (unpaired) electrons. The van der Waals surface area contributed by atoms with Crippen LogP contribution in [-0.2, 0) is 0 Å². The first kappa shape index (κ1) is 15.9. The molecule has 0 unspecified atom stereocenters. The van der Waals surface area contributed by atoms with Gasteiger partial charge in [-0.25, -0.2) is 0 Å². The fourth-order valence-corrected chi connectivity index (χ4v) is 3.52. The number of nitro benzene ring substituents is 2. The third-order valence-corrected chi connectivity index (χ3v) is 5.01. The lowest BCUT2D eigenvalue weighted by Crippen LogP contribution is -1.95. The van der Waals surface area contributed by atoms with Crippen molar-refractivity contribution in [1.82, 2.24) is 0 Å². The van der Waals surface area contributed by atoms with Crippen molar-refractivity contribution in [1.29, 1.82) is 0 Å². The summed E-state index contributed by atoms with van der Waals surface area (Å²) in [6.07, 6.45) is 0. The Bertz CT molecular complexity index is 690. The third-order valence-electron chi connectivity index (χ3n) is 2.63. The second-order valence-corrected chi connectivity index (χ2v) is 6.40. The molecule has 0 heterocycles. The number of benzene rings is 2. The second kappa shape index (κ2) is 6.54. The Labute approximate surface area is 132 Å². The first-order valence-corrected chi connectivity index (χ1v) is 7.96. The van der Waals surface area contributed by atoms with Crippen LogP contribution in [0.1, 0.15) is 0 Å². The Balaban J connectivity index is 2.17. The molecule has 0 saturated carbocycles. The van der Waals surface area contributed by atoms with E-state index in [1.54, 1.807) is 12.1 Å². The highest BCUT2D eigenvalue weighted by atomic mass is 33.1. The Hall–Kier alpha value is -2.46. The molecule has 0 amide bonds. The highest BCUT2D eigenvalue weighted by molar-refractivity contribution is 8.76. The maximum Gasteiger partial charge on any atom is 0.293 e. The van der Waals surface area contributed by atoms with Gasteiger partial charge < -0.3 is 11.5 Å². The smallest absolute Gasteiger partial charge is 0.293 e. The third kappa shape index (κ3) is 3.59. The zero-order valence-electron chi connectivity index (χ0n) is 11.0. The molecule has 2 aromatic carbocycles. The Kier molecular flexibility index (Phi) is 4.73. The van der Waals surface area contributed by atoms with Gasteiger partial charge in [-0.3, -0.25) is 20.2 Å². The highest BCUT2D eigenvalue weighted by Crippen LogP contribution is 2.41. The largest absolute Gasteiger partial charge is 0.393 e. The van der Waals surface area contributed by atoms with E-state index in [9.17, 15) is 20.2 Å². The van der Waals surface area contributed by atoms with Gasteiger partial charge in [-0.2, -0.15) is 0 Å². The first-order chi connectivity index (χ1) is 10.4. The van der Waals surface area contributed by atoms with Crippen LogP contribution in [0.15, 0.2) is 46.2 Å². The van der Waals surface area contributed by atoms with Gasteiger partial charge in [0.25, 0.3) is 11.4 Å². The first-order valence-electron chi connectivity index (χ1n) is 5.81. The van der Waals surface area contributed by atoms with Gasteiger partial charge in [0.1, 0.15) is 11.4 Å². The second-order valence-electron chi connectivity index (χ2n) is 4.12. The van der Waals surface area contributed by atoms with Crippen LogP contribution in [-0.4, -0.2) is 9.85 Å². The van der Waals surface area contributed by atoms with Crippen molar-refractivity contribution in [3.8, 4) is 0 Å².